The van der Waals surface area contributed by atoms with Gasteiger partial charge < -0.3 is 4.98 Å². The van der Waals surface area contributed by atoms with E-state index in [0.29, 0.717) is 11.3 Å². The molecule has 1 aromatic carbocycles. The Kier molecular flexibility index (Phi) is 3.29. The van der Waals surface area contributed by atoms with Gasteiger partial charge in [-0.15, -0.1) is 0 Å². The van der Waals surface area contributed by atoms with Gasteiger partial charge in [-0.2, -0.15) is 5.10 Å². The minimum absolute atomic E-state index is 0.113. The van der Waals surface area contributed by atoms with E-state index in [-0.39, 0.29) is 5.56 Å². The van der Waals surface area contributed by atoms with Crippen molar-refractivity contribution in [3.8, 4) is 11.4 Å². The van der Waals surface area contributed by atoms with Crippen molar-refractivity contribution in [2.45, 2.75) is 39.0 Å². The summed E-state index contributed by atoms with van der Waals surface area (Å²) >= 11 is 0. The number of rotatable bonds is 3. The highest BCUT2D eigenvalue weighted by Crippen LogP contribution is 2.31. The van der Waals surface area contributed by atoms with E-state index in [2.05, 4.69) is 35.2 Å². The van der Waals surface area contributed by atoms with E-state index in [4.69, 9.17) is 4.98 Å². The Balaban J connectivity index is 1.97. The molecular formula is C18H20N4O. The summed E-state index contributed by atoms with van der Waals surface area (Å²) in [6.45, 7) is 2.11. The average molecular weight is 308 g/mol. The van der Waals surface area contributed by atoms with Crippen LogP contribution in [0.1, 0.15) is 36.6 Å². The SMILES string of the molecule is CCCc1nn(C)c2c(=O)[nH]c(-c3cccc4c3CCC4)nc12. The van der Waals surface area contributed by atoms with Crippen molar-refractivity contribution in [3.05, 3.63) is 45.4 Å². The normalized spacial score (nSPS) is 13.7. The lowest BCUT2D eigenvalue weighted by atomic mass is 10.0. The van der Waals surface area contributed by atoms with Gasteiger partial charge in [0.15, 0.2) is 5.52 Å². The fourth-order valence-electron chi connectivity index (χ4n) is 3.62. The number of aromatic nitrogens is 4. The van der Waals surface area contributed by atoms with Gasteiger partial charge in [0, 0.05) is 12.6 Å². The Morgan fingerprint density at radius 3 is 3.00 bits per heavy atom. The fourth-order valence-corrected chi connectivity index (χ4v) is 3.62. The summed E-state index contributed by atoms with van der Waals surface area (Å²) in [6, 6.07) is 6.29. The third-order valence-corrected chi connectivity index (χ3v) is 4.65. The molecular weight excluding hydrogens is 288 g/mol. The number of hydrogen-bond acceptors (Lipinski definition) is 3. The summed E-state index contributed by atoms with van der Waals surface area (Å²) in [6.07, 6.45) is 5.16. The molecule has 0 fully saturated rings. The first kappa shape index (κ1) is 14.2. The molecule has 2 aromatic heterocycles. The van der Waals surface area contributed by atoms with E-state index >= 15 is 0 Å². The second kappa shape index (κ2) is 5.33. The standard InChI is InChI=1S/C18H20N4O/c1-3-6-14-15-16(22(2)21-14)18(23)20-17(19-15)13-10-5-8-11-7-4-9-12(11)13/h5,8,10H,3-4,6-7,9H2,1-2H3,(H,19,20,23). The zero-order valence-electron chi connectivity index (χ0n) is 13.5. The van der Waals surface area contributed by atoms with Gasteiger partial charge in [0.1, 0.15) is 11.3 Å². The van der Waals surface area contributed by atoms with Gasteiger partial charge in [0.05, 0.1) is 5.69 Å². The van der Waals surface area contributed by atoms with E-state index < -0.39 is 0 Å². The molecule has 0 aliphatic heterocycles. The monoisotopic (exact) mass is 308 g/mol. The number of benzene rings is 1. The molecule has 0 bridgehead atoms. The van der Waals surface area contributed by atoms with Crippen LogP contribution in [-0.2, 0) is 26.3 Å². The Hall–Kier alpha value is -2.43. The number of fused-ring (bicyclic) bond motifs is 2. The van der Waals surface area contributed by atoms with Crippen LogP contribution in [0.4, 0.5) is 0 Å². The lowest BCUT2D eigenvalue weighted by molar-refractivity contribution is 0.751. The van der Waals surface area contributed by atoms with Crippen LogP contribution >= 0.6 is 0 Å². The minimum Gasteiger partial charge on any atom is -0.305 e. The molecule has 1 N–H and O–H groups in total. The third-order valence-electron chi connectivity index (χ3n) is 4.65. The maximum absolute atomic E-state index is 12.6. The number of aryl methyl sites for hydroxylation is 3. The van der Waals surface area contributed by atoms with Crippen molar-refractivity contribution < 1.29 is 0 Å². The van der Waals surface area contributed by atoms with Crippen molar-refractivity contribution in [3.63, 3.8) is 0 Å². The zero-order chi connectivity index (χ0) is 16.0. The van der Waals surface area contributed by atoms with Crippen LogP contribution in [0.15, 0.2) is 23.0 Å². The highest BCUT2D eigenvalue weighted by atomic mass is 16.1. The largest absolute Gasteiger partial charge is 0.305 e. The molecule has 5 heteroatoms. The molecule has 3 aromatic rings. The predicted molar refractivity (Wildman–Crippen MR) is 90.6 cm³/mol. The molecule has 23 heavy (non-hydrogen) atoms. The van der Waals surface area contributed by atoms with E-state index in [1.165, 1.54) is 17.5 Å². The third kappa shape index (κ3) is 2.19. The molecule has 0 unspecified atom stereocenters. The minimum atomic E-state index is -0.113. The Bertz CT molecular complexity index is 952. The van der Waals surface area contributed by atoms with Crippen molar-refractivity contribution in [2.24, 2.45) is 7.05 Å². The van der Waals surface area contributed by atoms with E-state index in [9.17, 15) is 4.79 Å². The van der Waals surface area contributed by atoms with E-state index in [1.807, 2.05) is 0 Å². The van der Waals surface area contributed by atoms with Crippen LogP contribution in [-0.4, -0.2) is 19.7 Å². The van der Waals surface area contributed by atoms with Crippen molar-refractivity contribution >= 4 is 11.0 Å². The summed E-state index contributed by atoms with van der Waals surface area (Å²) in [7, 11) is 1.80. The first-order valence-corrected chi connectivity index (χ1v) is 8.26. The Morgan fingerprint density at radius 2 is 2.17 bits per heavy atom. The van der Waals surface area contributed by atoms with E-state index in [0.717, 1.165) is 42.5 Å². The first-order valence-electron chi connectivity index (χ1n) is 8.26. The number of nitrogens with one attached hydrogen (secondary N) is 1. The summed E-state index contributed by atoms with van der Waals surface area (Å²) in [4.78, 5) is 20.3. The number of hydrogen-bond donors (Lipinski definition) is 1. The topological polar surface area (TPSA) is 63.6 Å². The second-order valence-electron chi connectivity index (χ2n) is 6.23. The van der Waals surface area contributed by atoms with Gasteiger partial charge in [0.2, 0.25) is 0 Å². The molecule has 1 aliphatic carbocycles. The van der Waals surface area contributed by atoms with Gasteiger partial charge in [-0.25, -0.2) is 4.98 Å². The fraction of sp³-hybridized carbons (Fsp3) is 0.389. The molecule has 0 saturated carbocycles. The summed E-state index contributed by atoms with van der Waals surface area (Å²) in [5.41, 5.74) is 5.86. The van der Waals surface area contributed by atoms with Gasteiger partial charge >= 0.3 is 0 Å². The van der Waals surface area contributed by atoms with Crippen molar-refractivity contribution in [1.29, 1.82) is 0 Å². The molecule has 5 nitrogen and oxygen atoms in total. The number of H-pyrrole nitrogens is 1. The molecule has 2 heterocycles. The lowest BCUT2D eigenvalue weighted by Gasteiger charge is -2.08. The molecule has 0 saturated heterocycles. The summed E-state index contributed by atoms with van der Waals surface area (Å²) < 4.78 is 1.64. The van der Waals surface area contributed by atoms with Gasteiger partial charge in [-0.3, -0.25) is 9.48 Å². The quantitative estimate of drug-likeness (QED) is 0.809. The van der Waals surface area contributed by atoms with Gasteiger partial charge in [0.25, 0.3) is 5.56 Å². The lowest BCUT2D eigenvalue weighted by Crippen LogP contribution is -2.12. The van der Waals surface area contributed by atoms with Crippen molar-refractivity contribution in [1.82, 2.24) is 19.7 Å². The highest BCUT2D eigenvalue weighted by molar-refractivity contribution is 5.79. The van der Waals surface area contributed by atoms with Crippen LogP contribution in [0.3, 0.4) is 0 Å². The maximum atomic E-state index is 12.6. The first-order chi connectivity index (χ1) is 11.2. The second-order valence-corrected chi connectivity index (χ2v) is 6.23. The average Bonchev–Trinajstić information content (AvgIpc) is 3.12. The maximum Gasteiger partial charge on any atom is 0.277 e. The number of aromatic amines is 1. The van der Waals surface area contributed by atoms with Gasteiger partial charge in [-0.1, -0.05) is 31.5 Å². The molecule has 0 radical (unpaired) electrons. The van der Waals surface area contributed by atoms with E-state index in [1.54, 1.807) is 11.7 Å². The van der Waals surface area contributed by atoms with Crippen LogP contribution in [0, 0.1) is 0 Å². The Morgan fingerprint density at radius 1 is 1.30 bits per heavy atom. The number of nitrogens with zero attached hydrogens (tertiary/aromatic N) is 3. The summed E-state index contributed by atoms with van der Waals surface area (Å²) in [5, 5.41) is 4.48. The predicted octanol–water partition coefficient (Wildman–Crippen LogP) is 2.76. The molecule has 1 aliphatic rings. The van der Waals surface area contributed by atoms with Crippen LogP contribution in [0.25, 0.3) is 22.4 Å². The smallest absolute Gasteiger partial charge is 0.277 e. The Labute approximate surface area is 134 Å². The zero-order valence-corrected chi connectivity index (χ0v) is 13.5. The van der Waals surface area contributed by atoms with Crippen LogP contribution in [0.2, 0.25) is 0 Å². The molecule has 4 rings (SSSR count). The highest BCUT2D eigenvalue weighted by Gasteiger charge is 2.19. The van der Waals surface area contributed by atoms with Crippen molar-refractivity contribution in [2.75, 3.05) is 0 Å². The van der Waals surface area contributed by atoms with Gasteiger partial charge in [-0.05, 0) is 36.8 Å². The molecule has 0 amide bonds. The molecule has 0 spiro atoms. The van der Waals surface area contributed by atoms with Crippen LogP contribution < -0.4 is 5.56 Å². The molecule has 118 valence electrons. The summed E-state index contributed by atoms with van der Waals surface area (Å²) in [5.74, 6) is 0.673. The van der Waals surface area contributed by atoms with Crippen LogP contribution in [0.5, 0.6) is 0 Å². The molecule has 0 atom stereocenters.